The van der Waals surface area contributed by atoms with Gasteiger partial charge in [-0.3, -0.25) is 9.59 Å². The summed E-state index contributed by atoms with van der Waals surface area (Å²) in [5.74, 6) is 0.0758. The number of allylic oxidation sites excluding steroid dienone is 2. The molecule has 2 saturated carbocycles. The Labute approximate surface area is 162 Å². The predicted molar refractivity (Wildman–Crippen MR) is 106 cm³/mol. The summed E-state index contributed by atoms with van der Waals surface area (Å²) < 4.78 is 0. The number of aryl methyl sites for hydroxylation is 1. The molecule has 2 heterocycles. The number of benzene rings is 1. The molecule has 0 spiro atoms. The molecule has 1 saturated heterocycles. The second-order valence-electron chi connectivity index (χ2n) is 8.08. The lowest BCUT2D eigenvalue weighted by molar-refractivity contribution is -0.123. The van der Waals surface area contributed by atoms with Crippen LogP contribution in [0.3, 0.4) is 0 Å². The highest BCUT2D eigenvalue weighted by Crippen LogP contribution is 2.60. The molecule has 2 bridgehead atoms. The molecule has 0 unspecified atom stereocenters. The number of fused-ring (bicyclic) bond motifs is 5. The summed E-state index contributed by atoms with van der Waals surface area (Å²) >= 11 is 1.44. The SMILES string of the molecule is CC(C)=C1[C@H]2CC[C@H]1[C@H]1C(=O)N(c3nc(-c4ccccc4)c(C)s3)C(=O)[C@@H]12. The van der Waals surface area contributed by atoms with E-state index < -0.39 is 0 Å². The summed E-state index contributed by atoms with van der Waals surface area (Å²) in [5, 5.41) is 0.536. The van der Waals surface area contributed by atoms with E-state index in [1.807, 2.05) is 37.3 Å². The predicted octanol–water partition coefficient (Wildman–Crippen LogP) is 4.60. The second-order valence-corrected chi connectivity index (χ2v) is 9.26. The Morgan fingerprint density at radius 3 is 2.19 bits per heavy atom. The molecule has 2 aliphatic carbocycles. The largest absolute Gasteiger partial charge is 0.274 e. The maximum Gasteiger partial charge on any atom is 0.240 e. The Hall–Kier alpha value is -2.27. The van der Waals surface area contributed by atoms with Gasteiger partial charge in [-0.15, -0.1) is 11.3 Å². The first-order valence-corrected chi connectivity index (χ1v) is 10.4. The number of aromatic nitrogens is 1. The highest BCUT2D eigenvalue weighted by atomic mass is 32.1. The summed E-state index contributed by atoms with van der Waals surface area (Å²) in [6.45, 7) is 6.23. The minimum atomic E-state index is -0.175. The van der Waals surface area contributed by atoms with Crippen LogP contribution in [0.4, 0.5) is 5.13 Å². The van der Waals surface area contributed by atoms with Gasteiger partial charge >= 0.3 is 0 Å². The lowest BCUT2D eigenvalue weighted by Crippen LogP contribution is -2.33. The molecule has 3 fully saturated rings. The zero-order chi connectivity index (χ0) is 18.9. The molecule has 1 aliphatic heterocycles. The minimum Gasteiger partial charge on any atom is -0.274 e. The third kappa shape index (κ3) is 2.24. The molecular weight excluding hydrogens is 356 g/mol. The van der Waals surface area contributed by atoms with E-state index in [4.69, 9.17) is 4.98 Å². The van der Waals surface area contributed by atoms with E-state index >= 15 is 0 Å². The van der Waals surface area contributed by atoms with Crippen LogP contribution in [-0.4, -0.2) is 16.8 Å². The molecular formula is C22H22N2O2S. The van der Waals surface area contributed by atoms with Crippen molar-refractivity contribution in [3.05, 3.63) is 46.4 Å². The van der Waals surface area contributed by atoms with Crippen LogP contribution in [0.1, 0.15) is 31.6 Å². The van der Waals surface area contributed by atoms with Gasteiger partial charge in [-0.1, -0.05) is 41.5 Å². The van der Waals surface area contributed by atoms with Crippen LogP contribution in [0.25, 0.3) is 11.3 Å². The van der Waals surface area contributed by atoms with Crippen LogP contribution in [0.5, 0.6) is 0 Å². The smallest absolute Gasteiger partial charge is 0.240 e. The van der Waals surface area contributed by atoms with Crippen LogP contribution in [0.15, 0.2) is 41.5 Å². The molecule has 3 aliphatic rings. The van der Waals surface area contributed by atoms with Gasteiger partial charge in [0.1, 0.15) is 0 Å². The van der Waals surface area contributed by atoms with Crippen molar-refractivity contribution < 1.29 is 9.59 Å². The maximum atomic E-state index is 13.3. The van der Waals surface area contributed by atoms with Gasteiger partial charge in [0.25, 0.3) is 0 Å². The highest BCUT2D eigenvalue weighted by Gasteiger charge is 2.64. The fourth-order valence-corrected chi connectivity index (χ4v) is 6.46. The monoisotopic (exact) mass is 378 g/mol. The molecule has 0 radical (unpaired) electrons. The van der Waals surface area contributed by atoms with E-state index in [1.165, 1.54) is 27.4 Å². The number of amides is 2. The molecule has 2 aromatic rings. The molecule has 1 aromatic carbocycles. The van der Waals surface area contributed by atoms with Crippen molar-refractivity contribution >= 4 is 28.3 Å². The van der Waals surface area contributed by atoms with Gasteiger partial charge in [-0.2, -0.15) is 0 Å². The van der Waals surface area contributed by atoms with E-state index in [0.717, 1.165) is 29.0 Å². The first-order valence-electron chi connectivity index (χ1n) is 9.57. The number of anilines is 1. The number of carbonyl (C=O) groups is 2. The van der Waals surface area contributed by atoms with Crippen LogP contribution in [-0.2, 0) is 9.59 Å². The zero-order valence-corrected chi connectivity index (χ0v) is 16.5. The molecule has 4 atom stereocenters. The van der Waals surface area contributed by atoms with E-state index in [-0.39, 0.29) is 35.5 Å². The molecule has 4 nitrogen and oxygen atoms in total. The van der Waals surface area contributed by atoms with Crippen LogP contribution < -0.4 is 4.90 Å². The van der Waals surface area contributed by atoms with Gasteiger partial charge in [0.05, 0.1) is 17.5 Å². The van der Waals surface area contributed by atoms with Gasteiger partial charge in [0.15, 0.2) is 5.13 Å². The second kappa shape index (κ2) is 5.86. The summed E-state index contributed by atoms with van der Waals surface area (Å²) in [7, 11) is 0. The summed E-state index contributed by atoms with van der Waals surface area (Å²) in [4.78, 5) is 33.7. The van der Waals surface area contributed by atoms with Crippen molar-refractivity contribution in [3.8, 4) is 11.3 Å². The van der Waals surface area contributed by atoms with Crippen molar-refractivity contribution in [1.29, 1.82) is 0 Å². The fourth-order valence-electron chi connectivity index (χ4n) is 5.52. The normalized spacial score (nSPS) is 29.0. The quantitative estimate of drug-likeness (QED) is 0.567. The first kappa shape index (κ1) is 16.9. The van der Waals surface area contributed by atoms with Crippen LogP contribution in [0, 0.1) is 30.6 Å². The Bertz CT molecular complexity index is 955. The number of nitrogens with zero attached hydrogens (tertiary/aromatic N) is 2. The highest BCUT2D eigenvalue weighted by molar-refractivity contribution is 7.16. The average Bonchev–Trinajstić information content (AvgIpc) is 3.37. The average molecular weight is 378 g/mol. The molecule has 0 N–H and O–H groups in total. The molecule has 5 heteroatoms. The molecule has 5 rings (SSSR count). The Balaban J connectivity index is 1.53. The van der Waals surface area contributed by atoms with Crippen LogP contribution in [0.2, 0.25) is 0 Å². The summed E-state index contributed by atoms with van der Waals surface area (Å²) in [5.41, 5.74) is 4.55. The number of hydrogen-bond acceptors (Lipinski definition) is 4. The van der Waals surface area contributed by atoms with E-state index in [9.17, 15) is 9.59 Å². The first-order chi connectivity index (χ1) is 13.0. The molecule has 27 heavy (non-hydrogen) atoms. The fraction of sp³-hybridized carbons (Fsp3) is 0.409. The van der Waals surface area contributed by atoms with Crippen molar-refractivity contribution in [2.45, 2.75) is 33.6 Å². The standard InChI is InChI=1S/C22H22N2O2S/c1-11(2)16-14-9-10-15(16)18-17(14)20(25)24(21(18)26)22-23-19(12(3)27-22)13-7-5-4-6-8-13/h4-8,14-15,17-18H,9-10H2,1-3H3/t14-,15-,17-,18-/m1/s1. The molecule has 1 aromatic heterocycles. The van der Waals surface area contributed by atoms with Crippen LogP contribution >= 0.6 is 11.3 Å². The van der Waals surface area contributed by atoms with E-state index in [2.05, 4.69) is 13.8 Å². The van der Waals surface area contributed by atoms with Crippen molar-refractivity contribution in [3.63, 3.8) is 0 Å². The van der Waals surface area contributed by atoms with E-state index in [1.54, 1.807) is 0 Å². The maximum absolute atomic E-state index is 13.3. The number of thiazole rings is 1. The molecule has 2 amide bonds. The van der Waals surface area contributed by atoms with Crippen molar-refractivity contribution in [1.82, 2.24) is 4.98 Å². The van der Waals surface area contributed by atoms with Gasteiger partial charge < -0.3 is 0 Å². The van der Waals surface area contributed by atoms with Gasteiger partial charge in [0, 0.05) is 10.4 Å². The lowest BCUT2D eigenvalue weighted by Gasteiger charge is -2.18. The third-order valence-corrected chi connectivity index (χ3v) is 7.41. The Morgan fingerprint density at radius 1 is 1.04 bits per heavy atom. The Morgan fingerprint density at radius 2 is 1.63 bits per heavy atom. The summed E-state index contributed by atoms with van der Waals surface area (Å²) in [6.07, 6.45) is 2.07. The third-order valence-electron chi connectivity index (χ3n) is 6.45. The number of hydrogen-bond donors (Lipinski definition) is 0. The van der Waals surface area contributed by atoms with Gasteiger partial charge in [-0.05, 0) is 45.4 Å². The topological polar surface area (TPSA) is 50.3 Å². The van der Waals surface area contributed by atoms with Gasteiger partial charge in [0.2, 0.25) is 11.8 Å². The zero-order valence-electron chi connectivity index (χ0n) is 15.7. The molecule has 138 valence electrons. The number of rotatable bonds is 2. The number of imide groups is 1. The summed E-state index contributed by atoms with van der Waals surface area (Å²) in [6, 6.07) is 9.94. The van der Waals surface area contributed by atoms with Crippen molar-refractivity contribution in [2.24, 2.45) is 23.7 Å². The number of carbonyl (C=O) groups excluding carboxylic acids is 2. The lowest BCUT2D eigenvalue weighted by atomic mass is 9.81. The van der Waals surface area contributed by atoms with Gasteiger partial charge in [-0.25, -0.2) is 9.88 Å². The van der Waals surface area contributed by atoms with Crippen molar-refractivity contribution in [2.75, 3.05) is 4.90 Å². The Kier molecular flexibility index (Phi) is 3.66. The van der Waals surface area contributed by atoms with E-state index in [0.29, 0.717) is 5.13 Å². The minimum absolute atomic E-state index is 0.0377.